The average molecular weight is 292 g/mol. The Morgan fingerprint density at radius 2 is 2.10 bits per heavy atom. The van der Waals surface area contributed by atoms with Gasteiger partial charge in [-0.25, -0.2) is 4.39 Å². The molecule has 0 radical (unpaired) electrons. The molecule has 0 aliphatic heterocycles. The van der Waals surface area contributed by atoms with Gasteiger partial charge in [0.15, 0.2) is 11.6 Å². The summed E-state index contributed by atoms with van der Waals surface area (Å²) in [6, 6.07) is 6.49. The largest absolute Gasteiger partial charge is 0.484 e. The number of aromatic nitrogens is 2. The highest BCUT2D eigenvalue weighted by Gasteiger charge is 2.10. The zero-order valence-electron chi connectivity index (χ0n) is 12.6. The van der Waals surface area contributed by atoms with Crippen LogP contribution in [0.3, 0.4) is 0 Å². The Balaban J connectivity index is 2.11. The van der Waals surface area contributed by atoms with E-state index in [1.54, 1.807) is 19.1 Å². The molecule has 1 N–H and O–H groups in total. The van der Waals surface area contributed by atoms with Gasteiger partial charge in [0, 0.05) is 6.54 Å². The second kappa shape index (κ2) is 6.72. The molecule has 1 aromatic carbocycles. The van der Waals surface area contributed by atoms with Crippen LogP contribution < -0.4 is 4.74 Å². The lowest BCUT2D eigenvalue weighted by atomic mass is 10.1. The molecule has 0 amide bonds. The first-order valence-corrected chi connectivity index (χ1v) is 7.21. The number of nitrogens with zero attached hydrogens (tertiary/aromatic N) is 2. The van der Waals surface area contributed by atoms with Crippen molar-refractivity contribution in [2.24, 2.45) is 0 Å². The minimum atomic E-state index is -0.692. The van der Waals surface area contributed by atoms with E-state index in [1.807, 2.05) is 24.6 Å². The van der Waals surface area contributed by atoms with Crippen molar-refractivity contribution in [2.45, 2.75) is 46.4 Å². The molecule has 114 valence electrons. The zero-order chi connectivity index (χ0) is 15.4. The number of aliphatic hydroxyl groups excluding tert-OH is 1. The Labute approximate surface area is 124 Å². The van der Waals surface area contributed by atoms with E-state index in [0.717, 1.165) is 24.4 Å². The molecular weight excluding hydrogens is 271 g/mol. The van der Waals surface area contributed by atoms with Gasteiger partial charge in [0.05, 0.1) is 17.5 Å². The van der Waals surface area contributed by atoms with Crippen LogP contribution in [0.5, 0.6) is 5.75 Å². The van der Waals surface area contributed by atoms with Gasteiger partial charge < -0.3 is 9.84 Å². The Hall–Kier alpha value is -1.88. The summed E-state index contributed by atoms with van der Waals surface area (Å²) in [4.78, 5) is 0. The van der Waals surface area contributed by atoms with E-state index in [9.17, 15) is 9.50 Å². The maximum atomic E-state index is 13.9. The van der Waals surface area contributed by atoms with E-state index in [1.165, 1.54) is 6.07 Å². The van der Waals surface area contributed by atoms with Gasteiger partial charge >= 0.3 is 0 Å². The number of halogens is 1. The van der Waals surface area contributed by atoms with E-state index >= 15 is 0 Å². The van der Waals surface area contributed by atoms with Crippen LogP contribution in [0.2, 0.25) is 0 Å². The lowest BCUT2D eigenvalue weighted by Gasteiger charge is -2.10. The fourth-order valence-electron chi connectivity index (χ4n) is 2.12. The third-order valence-electron chi connectivity index (χ3n) is 3.39. The Bertz CT molecular complexity index is 608. The van der Waals surface area contributed by atoms with Crippen LogP contribution in [0.4, 0.5) is 4.39 Å². The predicted molar refractivity (Wildman–Crippen MR) is 78.6 cm³/mol. The summed E-state index contributed by atoms with van der Waals surface area (Å²) < 4.78 is 21.3. The van der Waals surface area contributed by atoms with Crippen LogP contribution in [0.15, 0.2) is 24.3 Å². The molecule has 0 unspecified atom stereocenters. The quantitative estimate of drug-likeness (QED) is 0.889. The smallest absolute Gasteiger partial charge is 0.165 e. The van der Waals surface area contributed by atoms with Gasteiger partial charge in [-0.15, -0.1) is 0 Å². The summed E-state index contributed by atoms with van der Waals surface area (Å²) in [6.07, 6.45) is 0.166. The molecule has 0 aliphatic rings. The van der Waals surface area contributed by atoms with Crippen molar-refractivity contribution in [3.63, 3.8) is 0 Å². The van der Waals surface area contributed by atoms with Crippen LogP contribution in [0.1, 0.15) is 43.8 Å². The number of rotatable bonds is 6. The number of aryl methyl sites for hydroxylation is 2. The molecule has 0 saturated heterocycles. The molecule has 1 aromatic heterocycles. The standard InChI is InChI=1S/C16H21FN2O2/c1-4-13-9-14(19(5-2)18-13)10-21-16-7-6-12(11(3)20)8-15(16)17/h6-9,11,20H,4-5,10H2,1-3H3/t11-/m0/s1. The normalized spacial score (nSPS) is 12.4. The fourth-order valence-corrected chi connectivity index (χ4v) is 2.12. The monoisotopic (exact) mass is 292 g/mol. The minimum absolute atomic E-state index is 0.182. The summed E-state index contributed by atoms with van der Waals surface area (Å²) in [5.74, 6) is -0.284. The Morgan fingerprint density at radius 1 is 1.33 bits per heavy atom. The number of ether oxygens (including phenoxy) is 1. The molecule has 0 spiro atoms. The van der Waals surface area contributed by atoms with Crippen molar-refractivity contribution in [2.75, 3.05) is 0 Å². The number of benzene rings is 1. The van der Waals surface area contributed by atoms with E-state index in [4.69, 9.17) is 4.74 Å². The average Bonchev–Trinajstić information content (AvgIpc) is 2.88. The predicted octanol–water partition coefficient (Wildman–Crippen LogP) is 3.24. The van der Waals surface area contributed by atoms with Crippen LogP contribution in [-0.2, 0) is 19.6 Å². The van der Waals surface area contributed by atoms with Gasteiger partial charge in [-0.3, -0.25) is 4.68 Å². The maximum absolute atomic E-state index is 13.9. The van der Waals surface area contributed by atoms with Crippen molar-refractivity contribution in [3.05, 3.63) is 47.0 Å². The molecule has 0 bridgehead atoms. The number of aliphatic hydroxyl groups is 1. The SMILES string of the molecule is CCc1cc(COc2ccc([C@H](C)O)cc2F)n(CC)n1. The Kier molecular flexibility index (Phi) is 4.96. The summed E-state index contributed by atoms with van der Waals surface area (Å²) in [5, 5.41) is 13.9. The second-order valence-corrected chi connectivity index (χ2v) is 4.95. The van der Waals surface area contributed by atoms with Gasteiger partial charge in [0.2, 0.25) is 0 Å². The molecule has 1 atom stereocenters. The lowest BCUT2D eigenvalue weighted by Crippen LogP contribution is -2.07. The van der Waals surface area contributed by atoms with Crippen LogP contribution in [0, 0.1) is 5.82 Å². The first-order chi connectivity index (χ1) is 10.0. The van der Waals surface area contributed by atoms with E-state index < -0.39 is 11.9 Å². The first kappa shape index (κ1) is 15.5. The molecule has 2 aromatic rings. The summed E-state index contributed by atoms with van der Waals surface area (Å²) >= 11 is 0. The van der Waals surface area contributed by atoms with Gasteiger partial charge in [0.25, 0.3) is 0 Å². The van der Waals surface area contributed by atoms with Gasteiger partial charge in [0.1, 0.15) is 6.61 Å². The van der Waals surface area contributed by atoms with Crippen molar-refractivity contribution >= 4 is 0 Å². The van der Waals surface area contributed by atoms with Crippen LogP contribution in [0.25, 0.3) is 0 Å². The molecule has 1 heterocycles. The number of hydrogen-bond donors (Lipinski definition) is 1. The van der Waals surface area contributed by atoms with Crippen LogP contribution in [-0.4, -0.2) is 14.9 Å². The topological polar surface area (TPSA) is 47.3 Å². The van der Waals surface area contributed by atoms with Crippen molar-refractivity contribution in [1.82, 2.24) is 9.78 Å². The summed E-state index contributed by atoms with van der Waals surface area (Å²) in [7, 11) is 0. The molecule has 21 heavy (non-hydrogen) atoms. The molecule has 0 aliphatic carbocycles. The highest BCUT2D eigenvalue weighted by atomic mass is 19.1. The molecule has 2 rings (SSSR count). The molecule has 4 nitrogen and oxygen atoms in total. The van der Waals surface area contributed by atoms with Gasteiger partial charge in [-0.05, 0) is 44.0 Å². The van der Waals surface area contributed by atoms with Gasteiger partial charge in [-0.2, -0.15) is 5.10 Å². The molecule has 5 heteroatoms. The van der Waals surface area contributed by atoms with Crippen molar-refractivity contribution in [3.8, 4) is 5.75 Å². The van der Waals surface area contributed by atoms with E-state index in [0.29, 0.717) is 5.56 Å². The van der Waals surface area contributed by atoms with Crippen molar-refractivity contribution in [1.29, 1.82) is 0 Å². The Morgan fingerprint density at radius 3 is 2.67 bits per heavy atom. The lowest BCUT2D eigenvalue weighted by molar-refractivity contribution is 0.198. The third-order valence-corrected chi connectivity index (χ3v) is 3.39. The number of hydrogen-bond acceptors (Lipinski definition) is 3. The summed E-state index contributed by atoms with van der Waals surface area (Å²) in [6.45, 7) is 6.67. The summed E-state index contributed by atoms with van der Waals surface area (Å²) in [5.41, 5.74) is 2.46. The first-order valence-electron chi connectivity index (χ1n) is 7.21. The highest BCUT2D eigenvalue weighted by Crippen LogP contribution is 2.23. The zero-order valence-corrected chi connectivity index (χ0v) is 12.6. The fraction of sp³-hybridized carbons (Fsp3) is 0.438. The molecule has 0 saturated carbocycles. The second-order valence-electron chi connectivity index (χ2n) is 4.95. The van der Waals surface area contributed by atoms with E-state index in [-0.39, 0.29) is 12.4 Å². The van der Waals surface area contributed by atoms with Crippen LogP contribution >= 0.6 is 0 Å². The van der Waals surface area contributed by atoms with Crippen molar-refractivity contribution < 1.29 is 14.2 Å². The minimum Gasteiger partial charge on any atom is -0.484 e. The van der Waals surface area contributed by atoms with E-state index in [2.05, 4.69) is 5.10 Å². The van der Waals surface area contributed by atoms with Gasteiger partial charge in [-0.1, -0.05) is 13.0 Å². The molecular formula is C16H21FN2O2. The molecule has 0 fully saturated rings. The highest BCUT2D eigenvalue weighted by molar-refractivity contribution is 5.30. The maximum Gasteiger partial charge on any atom is 0.165 e. The third kappa shape index (κ3) is 3.61.